The molecule has 9 heteroatoms. The van der Waals surface area contributed by atoms with E-state index in [9.17, 15) is 13.2 Å². The Hall–Kier alpha value is -1.26. The van der Waals surface area contributed by atoms with E-state index in [0.29, 0.717) is 18.9 Å². The quantitative estimate of drug-likeness (QED) is 0.261. The van der Waals surface area contributed by atoms with Crippen molar-refractivity contribution in [2.75, 3.05) is 32.0 Å². The monoisotopic (exact) mass is 445 g/mol. The van der Waals surface area contributed by atoms with Crippen molar-refractivity contribution in [1.82, 2.24) is 15.6 Å². The Kier molecular flexibility index (Phi) is 10.7. The zero-order valence-corrected chi connectivity index (χ0v) is 15.5. The van der Waals surface area contributed by atoms with Crippen LogP contribution in [-0.2, 0) is 6.18 Å². The second-order valence-electron chi connectivity index (χ2n) is 4.64. The molecule has 5 nitrogen and oxygen atoms in total. The molecule has 0 spiro atoms. The highest BCUT2D eigenvalue weighted by Crippen LogP contribution is 2.28. The first-order valence-corrected chi connectivity index (χ1v) is 7.19. The zero-order valence-electron chi connectivity index (χ0n) is 13.2. The Morgan fingerprint density at radius 2 is 1.87 bits per heavy atom. The van der Waals surface area contributed by atoms with E-state index in [0.717, 1.165) is 37.6 Å². The molecule has 0 aromatic carbocycles. The molecule has 0 bridgehead atoms. The molecule has 0 aliphatic carbocycles. The van der Waals surface area contributed by atoms with Crippen LogP contribution < -0.4 is 16.0 Å². The lowest BCUT2D eigenvalue weighted by molar-refractivity contribution is -0.137. The molecule has 1 heterocycles. The summed E-state index contributed by atoms with van der Waals surface area (Å²) in [4.78, 5) is 7.82. The summed E-state index contributed by atoms with van der Waals surface area (Å²) in [6.45, 7) is 4.24. The summed E-state index contributed by atoms with van der Waals surface area (Å²) in [5.41, 5.74) is -0.745. The number of rotatable bonds is 7. The number of alkyl halides is 3. The lowest BCUT2D eigenvalue weighted by Crippen LogP contribution is -2.38. The fourth-order valence-electron chi connectivity index (χ4n) is 1.64. The Morgan fingerprint density at radius 3 is 2.39 bits per heavy atom. The number of hydrogen-bond donors (Lipinski definition) is 3. The highest BCUT2D eigenvalue weighted by atomic mass is 127. The topological polar surface area (TPSA) is 61.3 Å². The SMILES string of the molecule is CCCNC(=NC)NCCCNc1ccc(C(F)(F)F)cn1.I. The van der Waals surface area contributed by atoms with Gasteiger partial charge >= 0.3 is 6.18 Å². The molecule has 132 valence electrons. The Labute approximate surface area is 151 Å². The minimum atomic E-state index is -4.35. The molecule has 0 aliphatic rings. The van der Waals surface area contributed by atoms with Crippen LogP contribution in [0.15, 0.2) is 23.3 Å². The van der Waals surface area contributed by atoms with Gasteiger partial charge in [-0.25, -0.2) is 4.98 Å². The summed E-state index contributed by atoms with van der Waals surface area (Å²) in [6.07, 6.45) is -1.72. The lowest BCUT2D eigenvalue weighted by Gasteiger charge is -2.11. The van der Waals surface area contributed by atoms with Gasteiger partial charge in [-0.2, -0.15) is 13.2 Å². The van der Waals surface area contributed by atoms with Gasteiger partial charge in [0, 0.05) is 32.9 Å². The maximum atomic E-state index is 12.4. The molecule has 0 saturated carbocycles. The first-order valence-electron chi connectivity index (χ1n) is 7.19. The third-order valence-corrected chi connectivity index (χ3v) is 2.81. The van der Waals surface area contributed by atoms with Crippen molar-refractivity contribution in [3.05, 3.63) is 23.9 Å². The van der Waals surface area contributed by atoms with Crippen molar-refractivity contribution in [2.45, 2.75) is 25.9 Å². The smallest absolute Gasteiger partial charge is 0.370 e. The van der Waals surface area contributed by atoms with E-state index < -0.39 is 11.7 Å². The van der Waals surface area contributed by atoms with Crippen LogP contribution in [0.3, 0.4) is 0 Å². The van der Waals surface area contributed by atoms with E-state index in [-0.39, 0.29) is 24.0 Å². The molecule has 0 unspecified atom stereocenters. The molecule has 0 amide bonds. The van der Waals surface area contributed by atoms with Gasteiger partial charge in [0.1, 0.15) is 5.82 Å². The summed E-state index contributed by atoms with van der Waals surface area (Å²) in [5, 5.41) is 9.28. The van der Waals surface area contributed by atoms with Gasteiger partial charge < -0.3 is 16.0 Å². The van der Waals surface area contributed by atoms with E-state index in [1.165, 1.54) is 6.07 Å². The predicted octanol–water partition coefficient (Wildman–Crippen LogP) is 3.10. The molecule has 3 N–H and O–H groups in total. The van der Waals surface area contributed by atoms with Gasteiger partial charge in [0.15, 0.2) is 5.96 Å². The molecule has 1 rings (SSSR count). The van der Waals surface area contributed by atoms with Crippen molar-refractivity contribution in [2.24, 2.45) is 4.99 Å². The normalized spacial score (nSPS) is 11.6. The summed E-state index contributed by atoms with van der Waals surface area (Å²) in [5.74, 6) is 1.18. The number of hydrogen-bond acceptors (Lipinski definition) is 3. The van der Waals surface area contributed by atoms with Crippen molar-refractivity contribution in [1.29, 1.82) is 0 Å². The van der Waals surface area contributed by atoms with Gasteiger partial charge in [-0.15, -0.1) is 24.0 Å². The maximum Gasteiger partial charge on any atom is 0.417 e. The van der Waals surface area contributed by atoms with Gasteiger partial charge in [-0.1, -0.05) is 6.92 Å². The van der Waals surface area contributed by atoms with Crippen molar-refractivity contribution in [3.8, 4) is 0 Å². The summed E-state index contributed by atoms with van der Waals surface area (Å²) in [7, 11) is 1.70. The Bertz CT molecular complexity index is 462. The van der Waals surface area contributed by atoms with Gasteiger partial charge in [0.2, 0.25) is 0 Å². The summed E-state index contributed by atoms with van der Waals surface area (Å²) in [6, 6.07) is 2.35. The Morgan fingerprint density at radius 1 is 1.17 bits per heavy atom. The van der Waals surface area contributed by atoms with Crippen molar-refractivity contribution >= 4 is 35.8 Å². The lowest BCUT2D eigenvalue weighted by atomic mass is 10.3. The summed E-state index contributed by atoms with van der Waals surface area (Å²) >= 11 is 0. The highest BCUT2D eigenvalue weighted by molar-refractivity contribution is 14.0. The number of nitrogens with zero attached hydrogens (tertiary/aromatic N) is 2. The number of aliphatic imine (C=N–C) groups is 1. The fourth-order valence-corrected chi connectivity index (χ4v) is 1.64. The largest absolute Gasteiger partial charge is 0.417 e. The van der Waals surface area contributed by atoms with Crippen LogP contribution in [0.2, 0.25) is 0 Å². The number of aromatic nitrogens is 1. The molecule has 0 fully saturated rings. The van der Waals surface area contributed by atoms with Crippen LogP contribution in [0.4, 0.5) is 19.0 Å². The summed E-state index contributed by atoms with van der Waals surface area (Å²) < 4.78 is 37.2. The van der Waals surface area contributed by atoms with Crippen LogP contribution in [0.1, 0.15) is 25.3 Å². The molecule has 0 radical (unpaired) electrons. The maximum absolute atomic E-state index is 12.4. The molecule has 0 saturated heterocycles. The van der Waals surface area contributed by atoms with E-state index in [1.807, 2.05) is 0 Å². The standard InChI is InChI=1S/C14H22F3N5.HI/c1-3-7-20-13(18-2)21-9-4-8-19-12-6-5-11(10-22-12)14(15,16)17;/h5-6,10H,3-4,7-9H2,1-2H3,(H,19,22)(H2,18,20,21);1H. The molecule has 0 aliphatic heterocycles. The predicted molar refractivity (Wildman–Crippen MR) is 97.4 cm³/mol. The van der Waals surface area contributed by atoms with E-state index >= 15 is 0 Å². The number of halogens is 4. The Balaban J connectivity index is 0.00000484. The minimum Gasteiger partial charge on any atom is -0.370 e. The van der Waals surface area contributed by atoms with E-state index in [4.69, 9.17) is 0 Å². The molecule has 23 heavy (non-hydrogen) atoms. The highest BCUT2D eigenvalue weighted by Gasteiger charge is 2.30. The number of guanidine groups is 1. The third kappa shape index (κ3) is 8.82. The first-order chi connectivity index (χ1) is 10.5. The van der Waals surface area contributed by atoms with Crippen LogP contribution in [-0.4, -0.2) is 37.6 Å². The van der Waals surface area contributed by atoms with Crippen LogP contribution in [0.25, 0.3) is 0 Å². The zero-order chi connectivity index (χ0) is 16.4. The second kappa shape index (κ2) is 11.3. The average molecular weight is 445 g/mol. The van der Waals surface area contributed by atoms with Crippen LogP contribution in [0.5, 0.6) is 0 Å². The first kappa shape index (κ1) is 21.7. The molecule has 1 aromatic heterocycles. The number of anilines is 1. The second-order valence-corrected chi connectivity index (χ2v) is 4.64. The number of pyridine rings is 1. The van der Waals surface area contributed by atoms with Crippen LogP contribution in [0, 0.1) is 0 Å². The van der Waals surface area contributed by atoms with E-state index in [2.05, 4.69) is 32.9 Å². The van der Waals surface area contributed by atoms with Gasteiger partial charge in [-0.3, -0.25) is 4.99 Å². The van der Waals surface area contributed by atoms with Crippen molar-refractivity contribution < 1.29 is 13.2 Å². The van der Waals surface area contributed by atoms with Crippen molar-refractivity contribution in [3.63, 3.8) is 0 Å². The van der Waals surface area contributed by atoms with Gasteiger partial charge in [0.25, 0.3) is 0 Å². The van der Waals surface area contributed by atoms with E-state index in [1.54, 1.807) is 7.05 Å². The van der Waals surface area contributed by atoms with Crippen LogP contribution >= 0.6 is 24.0 Å². The molecule has 0 atom stereocenters. The third-order valence-electron chi connectivity index (χ3n) is 2.81. The molecule has 1 aromatic rings. The number of nitrogens with one attached hydrogen (secondary N) is 3. The average Bonchev–Trinajstić information content (AvgIpc) is 2.49. The van der Waals surface area contributed by atoms with Gasteiger partial charge in [0.05, 0.1) is 5.56 Å². The fraction of sp³-hybridized carbons (Fsp3) is 0.571. The van der Waals surface area contributed by atoms with Gasteiger partial charge in [-0.05, 0) is 25.0 Å². The molecular weight excluding hydrogens is 422 g/mol. The minimum absolute atomic E-state index is 0. The molecular formula is C14H23F3IN5.